The average Bonchev–Trinajstić information content (AvgIpc) is 2.99. The fourth-order valence-corrected chi connectivity index (χ4v) is 3.04. The van der Waals surface area contributed by atoms with Gasteiger partial charge in [-0.15, -0.1) is 0 Å². The first kappa shape index (κ1) is 18.8. The average molecular weight is 346 g/mol. The van der Waals surface area contributed by atoms with Crippen LogP contribution in [0.25, 0.3) is 0 Å². The number of anilines is 1. The van der Waals surface area contributed by atoms with Crippen molar-refractivity contribution in [1.29, 1.82) is 0 Å². The van der Waals surface area contributed by atoms with Crippen LogP contribution < -0.4 is 14.4 Å². The molecule has 1 aromatic rings. The van der Waals surface area contributed by atoms with E-state index in [-0.39, 0.29) is 24.2 Å². The quantitative estimate of drug-likeness (QED) is 0.712. The summed E-state index contributed by atoms with van der Waals surface area (Å²) in [4.78, 5) is 28.5. The van der Waals surface area contributed by atoms with Crippen LogP contribution in [0.5, 0.6) is 11.5 Å². The molecule has 0 saturated carbocycles. The number of hydrogen-bond acceptors (Lipinski definition) is 4. The van der Waals surface area contributed by atoms with Crippen molar-refractivity contribution in [1.82, 2.24) is 4.90 Å². The van der Waals surface area contributed by atoms with Gasteiger partial charge in [0, 0.05) is 37.8 Å². The summed E-state index contributed by atoms with van der Waals surface area (Å²) in [5.41, 5.74) is 1.64. The molecule has 2 amide bonds. The van der Waals surface area contributed by atoms with Gasteiger partial charge in [0.05, 0.1) is 20.1 Å². The third-order valence-electron chi connectivity index (χ3n) is 4.31. The zero-order valence-electron chi connectivity index (χ0n) is 15.4. The smallest absolute Gasteiger partial charge is 0.228 e. The summed E-state index contributed by atoms with van der Waals surface area (Å²) in [5.74, 6) is 0.767. The molecule has 1 unspecified atom stereocenters. The van der Waals surface area contributed by atoms with Crippen molar-refractivity contribution in [2.75, 3.05) is 38.8 Å². The van der Waals surface area contributed by atoms with Crippen molar-refractivity contribution in [3.63, 3.8) is 0 Å². The number of methoxy groups -OCH3 is 2. The lowest BCUT2D eigenvalue weighted by atomic mass is 10.1. The molecule has 1 aliphatic rings. The summed E-state index contributed by atoms with van der Waals surface area (Å²) >= 11 is 0. The van der Waals surface area contributed by atoms with Crippen molar-refractivity contribution in [2.24, 2.45) is 5.92 Å². The Hall–Kier alpha value is -2.50. The monoisotopic (exact) mass is 346 g/mol. The molecule has 0 aromatic heterocycles. The van der Waals surface area contributed by atoms with Crippen LogP contribution in [-0.4, -0.2) is 50.6 Å². The summed E-state index contributed by atoms with van der Waals surface area (Å²) in [6.07, 6.45) is 0.222. The molecule has 1 atom stereocenters. The van der Waals surface area contributed by atoms with Gasteiger partial charge in [-0.2, -0.15) is 0 Å². The Morgan fingerprint density at radius 2 is 2.00 bits per heavy atom. The molecule has 1 saturated heterocycles. The van der Waals surface area contributed by atoms with Gasteiger partial charge in [-0.1, -0.05) is 12.2 Å². The number of hydrogen-bond donors (Lipinski definition) is 0. The largest absolute Gasteiger partial charge is 0.493 e. The molecule has 1 heterocycles. The Morgan fingerprint density at radius 1 is 1.32 bits per heavy atom. The van der Waals surface area contributed by atoms with Crippen molar-refractivity contribution in [3.8, 4) is 11.5 Å². The molecule has 1 fully saturated rings. The molecule has 0 radical (unpaired) electrons. The molecule has 6 heteroatoms. The number of ether oxygens (including phenoxy) is 2. The fraction of sp³-hybridized carbons (Fsp3) is 0.474. The molecule has 1 aliphatic heterocycles. The molecular formula is C19H26N2O4. The molecule has 0 aliphatic carbocycles. The maximum atomic E-state index is 12.7. The summed E-state index contributed by atoms with van der Waals surface area (Å²) in [5, 5.41) is 0. The minimum Gasteiger partial charge on any atom is -0.493 e. The summed E-state index contributed by atoms with van der Waals surface area (Å²) < 4.78 is 10.5. The van der Waals surface area contributed by atoms with Gasteiger partial charge in [-0.05, 0) is 26.0 Å². The minimum atomic E-state index is -0.333. The maximum absolute atomic E-state index is 12.7. The zero-order valence-corrected chi connectivity index (χ0v) is 15.4. The Labute approximate surface area is 149 Å². The third kappa shape index (κ3) is 4.13. The number of amides is 2. The zero-order chi connectivity index (χ0) is 18.6. The SMILES string of the molecule is C=C(C)CN(CC)C(=O)C1CC(=O)N(c2ccc(OC)c(OC)c2)C1. The molecule has 0 spiro atoms. The van der Waals surface area contributed by atoms with E-state index < -0.39 is 0 Å². The second-order valence-corrected chi connectivity index (χ2v) is 6.25. The van der Waals surface area contributed by atoms with Crippen molar-refractivity contribution in [2.45, 2.75) is 20.3 Å². The second-order valence-electron chi connectivity index (χ2n) is 6.25. The van der Waals surface area contributed by atoms with Crippen LogP contribution in [-0.2, 0) is 9.59 Å². The molecule has 0 bridgehead atoms. The molecule has 0 N–H and O–H groups in total. The first-order chi connectivity index (χ1) is 11.9. The van der Waals surface area contributed by atoms with Gasteiger partial charge >= 0.3 is 0 Å². The molecule has 25 heavy (non-hydrogen) atoms. The first-order valence-corrected chi connectivity index (χ1v) is 8.36. The predicted molar refractivity (Wildman–Crippen MR) is 97.1 cm³/mol. The highest BCUT2D eigenvalue weighted by Crippen LogP contribution is 2.34. The van der Waals surface area contributed by atoms with Crippen LogP contribution >= 0.6 is 0 Å². The van der Waals surface area contributed by atoms with Gasteiger partial charge in [-0.25, -0.2) is 0 Å². The van der Waals surface area contributed by atoms with E-state index in [9.17, 15) is 9.59 Å². The van der Waals surface area contributed by atoms with E-state index in [1.165, 1.54) is 0 Å². The van der Waals surface area contributed by atoms with Gasteiger partial charge in [0.2, 0.25) is 11.8 Å². The highest BCUT2D eigenvalue weighted by atomic mass is 16.5. The number of benzene rings is 1. The summed E-state index contributed by atoms with van der Waals surface area (Å²) in [6, 6.07) is 5.32. The van der Waals surface area contributed by atoms with Gasteiger partial charge < -0.3 is 19.3 Å². The van der Waals surface area contributed by atoms with Gasteiger partial charge in [0.15, 0.2) is 11.5 Å². The van der Waals surface area contributed by atoms with Crippen molar-refractivity contribution in [3.05, 3.63) is 30.4 Å². The lowest BCUT2D eigenvalue weighted by molar-refractivity contribution is -0.135. The molecule has 2 rings (SSSR count). The highest BCUT2D eigenvalue weighted by Gasteiger charge is 2.37. The van der Waals surface area contributed by atoms with Crippen LogP contribution in [0.3, 0.4) is 0 Å². The van der Waals surface area contributed by atoms with Crippen LogP contribution in [0.4, 0.5) is 5.69 Å². The number of rotatable bonds is 7. The summed E-state index contributed by atoms with van der Waals surface area (Å²) in [6.45, 7) is 9.20. The van der Waals surface area contributed by atoms with E-state index in [4.69, 9.17) is 9.47 Å². The lowest BCUT2D eigenvalue weighted by Gasteiger charge is -2.24. The van der Waals surface area contributed by atoms with E-state index in [0.717, 1.165) is 5.57 Å². The predicted octanol–water partition coefficient (Wildman–Crippen LogP) is 2.48. The molecule has 6 nitrogen and oxygen atoms in total. The first-order valence-electron chi connectivity index (χ1n) is 8.36. The van der Waals surface area contributed by atoms with Crippen molar-refractivity contribution >= 4 is 17.5 Å². The van der Waals surface area contributed by atoms with E-state index in [0.29, 0.717) is 36.8 Å². The number of likely N-dealkylation sites (N-methyl/N-ethyl adjacent to an activating group) is 1. The number of carbonyl (C=O) groups is 2. The molecular weight excluding hydrogens is 320 g/mol. The normalized spacial score (nSPS) is 16.7. The third-order valence-corrected chi connectivity index (χ3v) is 4.31. The van der Waals surface area contributed by atoms with E-state index >= 15 is 0 Å². The fourth-order valence-electron chi connectivity index (χ4n) is 3.04. The van der Waals surface area contributed by atoms with E-state index in [2.05, 4.69) is 6.58 Å². The standard InChI is InChI=1S/C19H26N2O4/c1-6-20(11-13(2)3)19(23)14-9-18(22)21(12-14)15-7-8-16(24-4)17(10-15)25-5/h7-8,10,14H,2,6,9,11-12H2,1,3-5H3. The van der Waals surface area contributed by atoms with Crippen LogP contribution in [0.2, 0.25) is 0 Å². The van der Waals surface area contributed by atoms with Crippen molar-refractivity contribution < 1.29 is 19.1 Å². The Morgan fingerprint density at radius 3 is 2.56 bits per heavy atom. The highest BCUT2D eigenvalue weighted by molar-refractivity contribution is 6.00. The Kier molecular flexibility index (Phi) is 6.07. The van der Waals surface area contributed by atoms with Crippen LogP contribution in [0.15, 0.2) is 30.4 Å². The second kappa shape index (κ2) is 8.05. The Balaban J connectivity index is 2.17. The minimum absolute atomic E-state index is 0.00169. The lowest BCUT2D eigenvalue weighted by Crippen LogP contribution is -2.38. The van der Waals surface area contributed by atoms with Crippen LogP contribution in [0, 0.1) is 5.92 Å². The number of nitrogens with zero attached hydrogens (tertiary/aromatic N) is 2. The molecule has 1 aromatic carbocycles. The van der Waals surface area contributed by atoms with Gasteiger partial charge in [0.25, 0.3) is 0 Å². The topological polar surface area (TPSA) is 59.1 Å². The summed E-state index contributed by atoms with van der Waals surface area (Å²) in [7, 11) is 3.12. The maximum Gasteiger partial charge on any atom is 0.228 e. The van der Waals surface area contributed by atoms with Gasteiger partial charge in [0.1, 0.15) is 0 Å². The van der Waals surface area contributed by atoms with Gasteiger partial charge in [-0.3, -0.25) is 9.59 Å². The van der Waals surface area contributed by atoms with Crippen LogP contribution in [0.1, 0.15) is 20.3 Å². The van der Waals surface area contributed by atoms with E-state index in [1.807, 2.05) is 13.8 Å². The Bertz CT molecular complexity index is 671. The molecule has 136 valence electrons. The van der Waals surface area contributed by atoms with E-state index in [1.54, 1.807) is 42.2 Å². The number of carbonyl (C=O) groups excluding carboxylic acids is 2.